The predicted octanol–water partition coefficient (Wildman–Crippen LogP) is 1.98. The Balaban J connectivity index is 1.86. The first kappa shape index (κ1) is 17.1. The standard InChI is InChI=1S/C17H19N3O5/c1-10-5-3-6-11(2)19(10)14(21)9-18-16(22)12-7-4-8-13(20(24)25)15(12)17(18)23/h4,7-8,10-11H,3,5-6,9H2,1-2H3/t10-,11-/m1/s1. The largest absolute Gasteiger partial charge is 0.336 e. The Morgan fingerprint density at radius 3 is 2.44 bits per heavy atom. The maximum absolute atomic E-state index is 12.7. The smallest absolute Gasteiger partial charge is 0.282 e. The van der Waals surface area contributed by atoms with Crippen molar-refractivity contribution in [2.75, 3.05) is 6.54 Å². The van der Waals surface area contributed by atoms with Crippen molar-refractivity contribution in [3.8, 4) is 0 Å². The van der Waals surface area contributed by atoms with Gasteiger partial charge in [-0.05, 0) is 39.2 Å². The number of hydrogen-bond acceptors (Lipinski definition) is 5. The molecule has 2 aliphatic heterocycles. The maximum atomic E-state index is 12.7. The molecule has 0 saturated carbocycles. The number of imide groups is 1. The van der Waals surface area contributed by atoms with Gasteiger partial charge in [-0.25, -0.2) is 0 Å². The molecule has 0 spiro atoms. The van der Waals surface area contributed by atoms with Crippen LogP contribution >= 0.6 is 0 Å². The van der Waals surface area contributed by atoms with Crippen LogP contribution in [0.5, 0.6) is 0 Å². The molecule has 2 heterocycles. The molecule has 0 unspecified atom stereocenters. The number of rotatable bonds is 3. The molecule has 1 saturated heterocycles. The molecule has 2 aliphatic rings. The van der Waals surface area contributed by atoms with Crippen LogP contribution < -0.4 is 0 Å². The number of amides is 3. The van der Waals surface area contributed by atoms with E-state index in [0.29, 0.717) is 0 Å². The third-order valence-corrected chi connectivity index (χ3v) is 4.95. The van der Waals surface area contributed by atoms with Crippen molar-refractivity contribution >= 4 is 23.4 Å². The third kappa shape index (κ3) is 2.77. The van der Waals surface area contributed by atoms with Crippen molar-refractivity contribution in [3.05, 3.63) is 39.4 Å². The Labute approximate surface area is 144 Å². The van der Waals surface area contributed by atoms with E-state index in [1.807, 2.05) is 13.8 Å². The lowest BCUT2D eigenvalue weighted by atomic mass is 9.97. The second kappa shape index (κ2) is 6.27. The van der Waals surface area contributed by atoms with Gasteiger partial charge in [0.1, 0.15) is 12.1 Å². The fourth-order valence-electron chi connectivity index (χ4n) is 3.74. The van der Waals surface area contributed by atoms with Crippen LogP contribution in [0.25, 0.3) is 0 Å². The molecule has 8 nitrogen and oxygen atoms in total. The Kier molecular flexibility index (Phi) is 4.28. The summed E-state index contributed by atoms with van der Waals surface area (Å²) in [6.45, 7) is 3.50. The lowest BCUT2D eigenvalue weighted by Gasteiger charge is -2.39. The zero-order chi connectivity index (χ0) is 18.3. The number of benzene rings is 1. The first-order valence-corrected chi connectivity index (χ1v) is 8.27. The van der Waals surface area contributed by atoms with Crippen LogP contribution in [0.4, 0.5) is 5.69 Å². The van der Waals surface area contributed by atoms with Crippen LogP contribution in [0.15, 0.2) is 18.2 Å². The summed E-state index contributed by atoms with van der Waals surface area (Å²) in [5.74, 6) is -1.75. The number of piperidine rings is 1. The van der Waals surface area contributed by atoms with Gasteiger partial charge in [0.25, 0.3) is 17.5 Å². The van der Waals surface area contributed by atoms with Gasteiger partial charge in [-0.3, -0.25) is 29.4 Å². The van der Waals surface area contributed by atoms with E-state index < -0.39 is 29.0 Å². The summed E-state index contributed by atoms with van der Waals surface area (Å²) in [4.78, 5) is 50.7. The molecule has 0 radical (unpaired) electrons. The Morgan fingerprint density at radius 2 is 1.84 bits per heavy atom. The second-order valence-corrected chi connectivity index (χ2v) is 6.58. The van der Waals surface area contributed by atoms with E-state index in [1.54, 1.807) is 4.90 Å². The van der Waals surface area contributed by atoms with Gasteiger partial charge in [-0.1, -0.05) is 6.07 Å². The SMILES string of the molecule is C[C@@H]1CCC[C@@H](C)N1C(=O)CN1C(=O)c2cccc([N+](=O)[O-])c2C1=O. The van der Waals surface area contributed by atoms with Crippen molar-refractivity contribution in [2.24, 2.45) is 0 Å². The van der Waals surface area contributed by atoms with Crippen LogP contribution in [-0.4, -0.2) is 51.1 Å². The molecule has 3 rings (SSSR count). The van der Waals surface area contributed by atoms with Gasteiger partial charge in [-0.15, -0.1) is 0 Å². The topological polar surface area (TPSA) is 101 Å². The molecule has 25 heavy (non-hydrogen) atoms. The molecule has 1 fully saturated rings. The third-order valence-electron chi connectivity index (χ3n) is 4.95. The van der Waals surface area contributed by atoms with Crippen molar-refractivity contribution in [3.63, 3.8) is 0 Å². The highest BCUT2D eigenvalue weighted by molar-refractivity contribution is 6.24. The van der Waals surface area contributed by atoms with Gasteiger partial charge in [0.2, 0.25) is 5.91 Å². The fourth-order valence-corrected chi connectivity index (χ4v) is 3.74. The molecular formula is C17H19N3O5. The number of likely N-dealkylation sites (tertiary alicyclic amines) is 1. The van der Waals surface area contributed by atoms with E-state index in [2.05, 4.69) is 0 Å². The van der Waals surface area contributed by atoms with Gasteiger partial charge in [0.15, 0.2) is 0 Å². The lowest BCUT2D eigenvalue weighted by molar-refractivity contribution is -0.385. The first-order valence-electron chi connectivity index (χ1n) is 8.27. The van der Waals surface area contributed by atoms with Gasteiger partial charge in [0, 0.05) is 18.2 Å². The minimum atomic E-state index is -0.780. The summed E-state index contributed by atoms with van der Waals surface area (Å²) in [6.07, 6.45) is 2.79. The quantitative estimate of drug-likeness (QED) is 0.474. The number of carbonyl (C=O) groups excluding carboxylic acids is 3. The number of nitrogens with zero attached hydrogens (tertiary/aromatic N) is 3. The van der Waals surface area contributed by atoms with Crippen LogP contribution in [0, 0.1) is 10.1 Å². The molecule has 1 aromatic carbocycles. The molecule has 0 N–H and O–H groups in total. The van der Waals surface area contributed by atoms with E-state index >= 15 is 0 Å². The number of fused-ring (bicyclic) bond motifs is 1. The zero-order valence-electron chi connectivity index (χ0n) is 14.1. The van der Waals surface area contributed by atoms with E-state index in [-0.39, 0.29) is 29.1 Å². The van der Waals surface area contributed by atoms with Gasteiger partial charge < -0.3 is 4.90 Å². The number of nitro benzene ring substituents is 1. The van der Waals surface area contributed by atoms with Crippen LogP contribution in [-0.2, 0) is 4.79 Å². The van der Waals surface area contributed by atoms with Crippen LogP contribution in [0.1, 0.15) is 53.8 Å². The molecule has 8 heteroatoms. The van der Waals surface area contributed by atoms with Crippen molar-refractivity contribution < 1.29 is 19.3 Å². The fraction of sp³-hybridized carbons (Fsp3) is 0.471. The van der Waals surface area contributed by atoms with Crippen molar-refractivity contribution in [1.29, 1.82) is 0 Å². The molecule has 132 valence electrons. The number of nitro groups is 1. The molecule has 2 atom stereocenters. The predicted molar refractivity (Wildman–Crippen MR) is 88.1 cm³/mol. The van der Waals surface area contributed by atoms with E-state index in [0.717, 1.165) is 24.2 Å². The monoisotopic (exact) mass is 345 g/mol. The molecule has 0 bridgehead atoms. The maximum Gasteiger partial charge on any atom is 0.282 e. The van der Waals surface area contributed by atoms with E-state index in [9.17, 15) is 24.5 Å². The van der Waals surface area contributed by atoms with Gasteiger partial charge >= 0.3 is 0 Å². The highest BCUT2D eigenvalue weighted by Gasteiger charge is 2.43. The summed E-state index contributed by atoms with van der Waals surface area (Å²) < 4.78 is 0. The molecule has 3 amide bonds. The summed E-state index contributed by atoms with van der Waals surface area (Å²) >= 11 is 0. The second-order valence-electron chi connectivity index (χ2n) is 6.58. The summed E-state index contributed by atoms with van der Waals surface area (Å²) in [6, 6.07) is 4.01. The highest BCUT2D eigenvalue weighted by Crippen LogP contribution is 2.31. The summed E-state index contributed by atoms with van der Waals surface area (Å²) in [5, 5.41) is 11.1. The first-order chi connectivity index (χ1) is 11.8. The number of carbonyl (C=O) groups is 3. The minimum Gasteiger partial charge on any atom is -0.336 e. The van der Waals surface area contributed by atoms with E-state index in [4.69, 9.17) is 0 Å². The Hall–Kier alpha value is -2.77. The molecule has 0 aromatic heterocycles. The highest BCUT2D eigenvalue weighted by atomic mass is 16.6. The Bertz CT molecular complexity index is 766. The minimum absolute atomic E-state index is 0.0215. The van der Waals surface area contributed by atoms with Crippen molar-refractivity contribution in [2.45, 2.75) is 45.2 Å². The van der Waals surface area contributed by atoms with Gasteiger partial charge in [-0.2, -0.15) is 0 Å². The zero-order valence-corrected chi connectivity index (χ0v) is 14.1. The summed E-state index contributed by atoms with van der Waals surface area (Å²) in [7, 11) is 0. The Morgan fingerprint density at radius 1 is 1.20 bits per heavy atom. The van der Waals surface area contributed by atoms with Gasteiger partial charge in [0.05, 0.1) is 10.5 Å². The molecule has 0 aliphatic carbocycles. The molecule has 1 aromatic rings. The van der Waals surface area contributed by atoms with Crippen molar-refractivity contribution in [1.82, 2.24) is 9.80 Å². The molecular weight excluding hydrogens is 326 g/mol. The summed E-state index contributed by atoms with van der Waals surface area (Å²) in [5.41, 5.74) is -0.665. The average molecular weight is 345 g/mol. The number of hydrogen-bond donors (Lipinski definition) is 0. The van der Waals surface area contributed by atoms with Crippen LogP contribution in [0.3, 0.4) is 0 Å². The average Bonchev–Trinajstić information content (AvgIpc) is 2.79. The normalized spacial score (nSPS) is 23.0. The van der Waals surface area contributed by atoms with E-state index in [1.165, 1.54) is 18.2 Å². The van der Waals surface area contributed by atoms with Crippen LogP contribution in [0.2, 0.25) is 0 Å². The lowest BCUT2D eigenvalue weighted by Crippen LogP contribution is -2.51.